The summed E-state index contributed by atoms with van der Waals surface area (Å²) in [5.74, 6) is -0.603. The van der Waals surface area contributed by atoms with Gasteiger partial charge in [0, 0.05) is 11.1 Å². The van der Waals surface area contributed by atoms with E-state index < -0.39 is 5.97 Å². The zero-order valence-electron chi connectivity index (χ0n) is 12.5. The molecule has 0 radical (unpaired) electrons. The third-order valence-electron chi connectivity index (χ3n) is 3.45. The normalized spacial score (nSPS) is 10.4. The van der Waals surface area contributed by atoms with Crippen molar-refractivity contribution in [2.75, 3.05) is 0 Å². The van der Waals surface area contributed by atoms with E-state index in [1.807, 2.05) is 30.3 Å². The van der Waals surface area contributed by atoms with Crippen LogP contribution in [-0.2, 0) is 6.61 Å². The molecule has 0 saturated carbocycles. The fourth-order valence-electron chi connectivity index (χ4n) is 2.27. The van der Waals surface area contributed by atoms with Gasteiger partial charge < -0.3 is 9.84 Å². The number of benzene rings is 2. The van der Waals surface area contributed by atoms with Crippen molar-refractivity contribution in [2.24, 2.45) is 0 Å². The van der Waals surface area contributed by atoms with Crippen molar-refractivity contribution in [3.05, 3.63) is 77.1 Å². The number of hydrogen-bond donors (Lipinski definition) is 1. The molecule has 0 unspecified atom stereocenters. The quantitative estimate of drug-likeness (QED) is 0.757. The number of rotatable bonds is 5. The fourth-order valence-corrected chi connectivity index (χ4v) is 2.58. The van der Waals surface area contributed by atoms with Crippen molar-refractivity contribution in [3.63, 3.8) is 0 Å². The van der Waals surface area contributed by atoms with Gasteiger partial charge in [-0.15, -0.1) is 0 Å². The smallest absolute Gasteiger partial charge is 0.337 e. The first-order chi connectivity index (χ1) is 11.7. The molecule has 0 amide bonds. The lowest BCUT2D eigenvalue weighted by atomic mass is 10.0. The van der Waals surface area contributed by atoms with Gasteiger partial charge in [0.2, 0.25) is 0 Å². The molecule has 5 nitrogen and oxygen atoms in total. The van der Waals surface area contributed by atoms with Crippen molar-refractivity contribution >= 4 is 17.6 Å². The lowest BCUT2D eigenvalue weighted by molar-refractivity contribution is 0.0697. The summed E-state index contributed by atoms with van der Waals surface area (Å²) in [6, 6.07) is 14.5. The Balaban J connectivity index is 1.95. The van der Waals surface area contributed by atoms with Gasteiger partial charge in [-0.2, -0.15) is 10.2 Å². The van der Waals surface area contributed by atoms with Gasteiger partial charge in [-0.3, -0.25) is 0 Å². The van der Waals surface area contributed by atoms with Crippen LogP contribution >= 0.6 is 11.6 Å². The minimum atomic E-state index is -1.09. The van der Waals surface area contributed by atoms with Gasteiger partial charge in [-0.1, -0.05) is 54.1 Å². The molecule has 0 spiro atoms. The third kappa shape index (κ3) is 3.36. The molecular weight excluding hydrogens is 328 g/mol. The van der Waals surface area contributed by atoms with Crippen LogP contribution in [0.25, 0.3) is 11.1 Å². The van der Waals surface area contributed by atoms with Crippen LogP contribution < -0.4 is 4.74 Å². The highest BCUT2D eigenvalue weighted by molar-refractivity contribution is 6.36. The molecule has 0 aliphatic heterocycles. The molecule has 0 bridgehead atoms. The van der Waals surface area contributed by atoms with Gasteiger partial charge >= 0.3 is 5.97 Å². The van der Waals surface area contributed by atoms with Crippen molar-refractivity contribution < 1.29 is 14.6 Å². The minimum absolute atomic E-state index is 0.0278. The third-order valence-corrected chi connectivity index (χ3v) is 3.86. The van der Waals surface area contributed by atoms with E-state index in [0.29, 0.717) is 23.5 Å². The number of aromatic nitrogens is 2. The molecule has 1 heterocycles. The molecular formula is C18H13ClN2O3. The van der Waals surface area contributed by atoms with Gasteiger partial charge in [0.15, 0.2) is 0 Å². The van der Waals surface area contributed by atoms with Gasteiger partial charge in [0.25, 0.3) is 0 Å². The van der Waals surface area contributed by atoms with Crippen molar-refractivity contribution in [1.29, 1.82) is 0 Å². The summed E-state index contributed by atoms with van der Waals surface area (Å²) in [4.78, 5) is 11.3. The van der Waals surface area contributed by atoms with E-state index >= 15 is 0 Å². The van der Waals surface area contributed by atoms with Gasteiger partial charge in [0.1, 0.15) is 12.4 Å². The average molecular weight is 341 g/mol. The first-order valence-corrected chi connectivity index (χ1v) is 7.54. The predicted molar refractivity (Wildman–Crippen MR) is 90.2 cm³/mol. The van der Waals surface area contributed by atoms with Crippen LogP contribution in [0.2, 0.25) is 5.02 Å². The second kappa shape index (κ2) is 7.10. The zero-order valence-corrected chi connectivity index (χ0v) is 13.3. The van der Waals surface area contributed by atoms with Gasteiger partial charge in [-0.05, 0) is 11.6 Å². The van der Waals surface area contributed by atoms with E-state index in [0.717, 1.165) is 5.56 Å². The molecule has 6 heteroatoms. The van der Waals surface area contributed by atoms with Crippen LogP contribution in [0.3, 0.4) is 0 Å². The molecule has 24 heavy (non-hydrogen) atoms. The molecule has 3 aromatic rings. The number of nitrogens with zero attached hydrogens (tertiary/aromatic N) is 2. The summed E-state index contributed by atoms with van der Waals surface area (Å²) in [6.07, 6.45) is 3.00. The van der Waals surface area contributed by atoms with Gasteiger partial charge in [-0.25, -0.2) is 4.79 Å². The standard InChI is InChI=1S/C18H13ClN2O3/c19-17-13(7-4-8-14(17)18(22)23)15-9-20-21-10-16(15)24-11-12-5-2-1-3-6-12/h1-10H,11H2,(H,22,23). The number of carboxylic acid groups (broad SMARTS) is 1. The van der Waals surface area contributed by atoms with Crippen LogP contribution in [0.15, 0.2) is 60.9 Å². The molecule has 1 N–H and O–H groups in total. The Morgan fingerprint density at radius 1 is 1.00 bits per heavy atom. The second-order valence-corrected chi connectivity index (χ2v) is 5.39. The second-order valence-electron chi connectivity index (χ2n) is 5.01. The van der Waals surface area contributed by atoms with E-state index in [4.69, 9.17) is 16.3 Å². The number of hydrogen-bond acceptors (Lipinski definition) is 4. The van der Waals surface area contributed by atoms with Crippen molar-refractivity contribution in [3.8, 4) is 16.9 Å². The van der Waals surface area contributed by atoms with Crippen LogP contribution in [0.5, 0.6) is 5.75 Å². The molecule has 1 aromatic heterocycles. The summed E-state index contributed by atoms with van der Waals surface area (Å²) in [7, 11) is 0. The Bertz CT molecular complexity index is 869. The van der Waals surface area contributed by atoms with E-state index in [9.17, 15) is 9.90 Å². The number of aromatic carboxylic acids is 1. The molecule has 0 aliphatic carbocycles. The number of carbonyl (C=O) groups is 1. The molecule has 0 fully saturated rings. The monoisotopic (exact) mass is 340 g/mol. The summed E-state index contributed by atoms with van der Waals surface area (Å²) >= 11 is 6.24. The maximum Gasteiger partial charge on any atom is 0.337 e. The topological polar surface area (TPSA) is 72.3 Å². The van der Waals surface area contributed by atoms with E-state index in [-0.39, 0.29) is 10.6 Å². The molecule has 0 saturated heterocycles. The van der Waals surface area contributed by atoms with Crippen LogP contribution in [-0.4, -0.2) is 21.3 Å². The van der Waals surface area contributed by atoms with Crippen LogP contribution in [0, 0.1) is 0 Å². The first-order valence-electron chi connectivity index (χ1n) is 7.16. The van der Waals surface area contributed by atoms with Gasteiger partial charge in [0.05, 0.1) is 23.0 Å². The summed E-state index contributed by atoms with van der Waals surface area (Å²) in [5.41, 5.74) is 2.16. The van der Waals surface area contributed by atoms with Crippen LogP contribution in [0.4, 0.5) is 0 Å². The Morgan fingerprint density at radius 2 is 1.75 bits per heavy atom. The Kier molecular flexibility index (Phi) is 4.72. The largest absolute Gasteiger partial charge is 0.487 e. The molecule has 0 atom stereocenters. The number of carboxylic acids is 1. The number of ether oxygens (including phenoxy) is 1. The highest BCUT2D eigenvalue weighted by Crippen LogP contribution is 2.35. The highest BCUT2D eigenvalue weighted by Gasteiger charge is 2.16. The molecule has 120 valence electrons. The predicted octanol–water partition coefficient (Wildman–Crippen LogP) is 4.07. The SMILES string of the molecule is O=C(O)c1cccc(-c2cnncc2OCc2ccccc2)c1Cl. The number of halogens is 1. The maximum absolute atomic E-state index is 11.3. The Morgan fingerprint density at radius 3 is 2.50 bits per heavy atom. The van der Waals surface area contributed by atoms with E-state index in [1.165, 1.54) is 18.5 Å². The summed E-state index contributed by atoms with van der Waals surface area (Å²) < 4.78 is 5.82. The van der Waals surface area contributed by atoms with E-state index in [2.05, 4.69) is 10.2 Å². The lowest BCUT2D eigenvalue weighted by Gasteiger charge is -2.12. The van der Waals surface area contributed by atoms with Crippen molar-refractivity contribution in [1.82, 2.24) is 10.2 Å². The highest BCUT2D eigenvalue weighted by atomic mass is 35.5. The molecule has 2 aromatic carbocycles. The zero-order chi connectivity index (χ0) is 16.9. The Hall–Kier alpha value is -2.92. The Labute approximate surface area is 143 Å². The summed E-state index contributed by atoms with van der Waals surface area (Å²) in [5, 5.41) is 17.0. The molecule has 0 aliphatic rings. The lowest BCUT2D eigenvalue weighted by Crippen LogP contribution is -2.01. The fraction of sp³-hybridized carbons (Fsp3) is 0.0556. The average Bonchev–Trinajstić information content (AvgIpc) is 2.61. The maximum atomic E-state index is 11.3. The van der Waals surface area contributed by atoms with E-state index in [1.54, 1.807) is 12.1 Å². The summed E-state index contributed by atoms with van der Waals surface area (Å²) in [6.45, 7) is 0.357. The van der Waals surface area contributed by atoms with Crippen molar-refractivity contribution in [2.45, 2.75) is 6.61 Å². The first kappa shape index (κ1) is 16.0. The minimum Gasteiger partial charge on any atom is -0.487 e. The molecule has 3 rings (SSSR count). The van der Waals surface area contributed by atoms with Crippen LogP contribution in [0.1, 0.15) is 15.9 Å².